The highest BCUT2D eigenvalue weighted by atomic mass is 79.9. The Bertz CT molecular complexity index is 506. The van der Waals surface area contributed by atoms with E-state index in [0.29, 0.717) is 6.42 Å². The zero-order valence-electron chi connectivity index (χ0n) is 10.6. The van der Waals surface area contributed by atoms with Crippen LogP contribution in [0, 0.1) is 10.1 Å². The Balaban J connectivity index is 3.03. The quantitative estimate of drug-likeness (QED) is 0.502. The van der Waals surface area contributed by atoms with E-state index >= 15 is 0 Å². The van der Waals surface area contributed by atoms with Gasteiger partial charge in [-0.25, -0.2) is 0 Å². The first-order chi connectivity index (χ1) is 8.76. The van der Waals surface area contributed by atoms with Crippen LogP contribution in [0.5, 0.6) is 0 Å². The summed E-state index contributed by atoms with van der Waals surface area (Å²) in [6.45, 7) is 3.71. The number of halogens is 2. The highest BCUT2D eigenvalue weighted by molar-refractivity contribution is 9.09. The van der Waals surface area contributed by atoms with Crippen LogP contribution < -0.4 is 5.32 Å². The van der Waals surface area contributed by atoms with E-state index in [0.717, 1.165) is 5.33 Å². The van der Waals surface area contributed by atoms with Crippen molar-refractivity contribution in [2.24, 2.45) is 0 Å². The summed E-state index contributed by atoms with van der Waals surface area (Å²) >= 11 is 9.01. The zero-order chi connectivity index (χ0) is 14.6. The molecule has 0 aliphatic carbocycles. The molecule has 19 heavy (non-hydrogen) atoms. The second kappa shape index (κ2) is 6.34. The number of hydrogen-bond donors (Lipinski definition) is 1. The molecule has 0 aliphatic heterocycles. The minimum absolute atomic E-state index is 0.0112. The Hall–Kier alpha value is -1.14. The molecule has 1 amide bonds. The molecule has 7 heteroatoms. The predicted molar refractivity (Wildman–Crippen MR) is 78.1 cm³/mol. The Labute approximate surface area is 124 Å². The van der Waals surface area contributed by atoms with Crippen LogP contribution in [0.25, 0.3) is 0 Å². The maximum Gasteiger partial charge on any atom is 0.283 e. The molecule has 1 aromatic rings. The molecule has 0 aliphatic rings. The molecule has 0 radical (unpaired) electrons. The summed E-state index contributed by atoms with van der Waals surface area (Å²) in [6, 6.07) is 3.99. The highest BCUT2D eigenvalue weighted by Gasteiger charge is 2.25. The number of carbonyl (C=O) groups excluding carboxylic acids is 1. The lowest BCUT2D eigenvalue weighted by atomic mass is 10.0. The predicted octanol–water partition coefficient (Wildman–Crippen LogP) is 3.54. The van der Waals surface area contributed by atoms with Crippen LogP contribution in [0.15, 0.2) is 18.2 Å². The number of nitrogens with zero attached hydrogens (tertiary/aromatic N) is 1. The third-order valence-electron chi connectivity index (χ3n) is 2.57. The standard InChI is InChI=1S/C12H14BrClN2O3/c1-12(2,5-6-13)15-11(17)9-4-3-8(14)7-10(9)16(18)19/h3-4,7H,5-6H2,1-2H3,(H,15,17). The number of hydrogen-bond acceptors (Lipinski definition) is 3. The lowest BCUT2D eigenvalue weighted by molar-refractivity contribution is -0.385. The molecular formula is C12H14BrClN2O3. The van der Waals surface area contributed by atoms with Crippen LogP contribution in [0.2, 0.25) is 5.02 Å². The van der Waals surface area contributed by atoms with E-state index < -0.39 is 16.4 Å². The first-order valence-corrected chi connectivity index (χ1v) is 7.09. The molecule has 0 bridgehead atoms. The van der Waals surface area contributed by atoms with Crippen LogP contribution >= 0.6 is 27.5 Å². The number of carbonyl (C=O) groups is 1. The zero-order valence-corrected chi connectivity index (χ0v) is 12.9. The number of alkyl halides is 1. The van der Waals surface area contributed by atoms with Crippen molar-refractivity contribution >= 4 is 39.1 Å². The second-order valence-corrected chi connectivity index (χ2v) is 5.93. The molecule has 0 atom stereocenters. The van der Waals surface area contributed by atoms with E-state index in [1.165, 1.54) is 18.2 Å². The van der Waals surface area contributed by atoms with Gasteiger partial charge in [0, 0.05) is 22.0 Å². The fourth-order valence-electron chi connectivity index (χ4n) is 1.52. The van der Waals surface area contributed by atoms with Crippen LogP contribution in [0.1, 0.15) is 30.6 Å². The Morgan fingerprint density at radius 2 is 2.16 bits per heavy atom. The number of benzene rings is 1. The van der Waals surface area contributed by atoms with Gasteiger partial charge in [0.1, 0.15) is 5.56 Å². The van der Waals surface area contributed by atoms with E-state index in [-0.39, 0.29) is 16.3 Å². The molecule has 0 aromatic heterocycles. The van der Waals surface area contributed by atoms with Gasteiger partial charge in [-0.3, -0.25) is 14.9 Å². The Morgan fingerprint density at radius 3 is 2.68 bits per heavy atom. The van der Waals surface area contributed by atoms with Crippen molar-refractivity contribution in [2.45, 2.75) is 25.8 Å². The number of rotatable bonds is 5. The van der Waals surface area contributed by atoms with Crippen molar-refractivity contribution in [3.63, 3.8) is 0 Å². The van der Waals surface area contributed by atoms with Crippen molar-refractivity contribution < 1.29 is 9.72 Å². The van der Waals surface area contributed by atoms with Crippen LogP contribution in [-0.2, 0) is 0 Å². The van der Waals surface area contributed by atoms with Gasteiger partial charge in [-0.05, 0) is 32.4 Å². The van der Waals surface area contributed by atoms with Crippen LogP contribution in [0.4, 0.5) is 5.69 Å². The second-order valence-electron chi connectivity index (χ2n) is 4.70. The topological polar surface area (TPSA) is 72.2 Å². The van der Waals surface area contributed by atoms with Gasteiger partial charge < -0.3 is 5.32 Å². The maximum atomic E-state index is 12.1. The molecule has 5 nitrogen and oxygen atoms in total. The number of nitro benzene ring substituents is 1. The summed E-state index contributed by atoms with van der Waals surface area (Å²) in [5.41, 5.74) is -0.731. The summed E-state index contributed by atoms with van der Waals surface area (Å²) in [5, 5.41) is 14.7. The van der Waals surface area contributed by atoms with Crippen molar-refractivity contribution in [3.8, 4) is 0 Å². The van der Waals surface area contributed by atoms with Gasteiger partial charge in [0.2, 0.25) is 0 Å². The number of amides is 1. The fourth-order valence-corrected chi connectivity index (χ4v) is 2.68. The molecule has 0 heterocycles. The fraction of sp³-hybridized carbons (Fsp3) is 0.417. The van der Waals surface area contributed by atoms with Gasteiger partial charge in [-0.15, -0.1) is 0 Å². The molecule has 0 spiro atoms. The van der Waals surface area contributed by atoms with Crippen molar-refractivity contribution in [1.29, 1.82) is 0 Å². The van der Waals surface area contributed by atoms with Crippen molar-refractivity contribution in [1.82, 2.24) is 5.32 Å². The molecule has 0 unspecified atom stereocenters. The van der Waals surface area contributed by atoms with Crippen molar-refractivity contribution in [3.05, 3.63) is 38.9 Å². The lowest BCUT2D eigenvalue weighted by Gasteiger charge is -2.25. The Kier molecular flexibility index (Phi) is 5.31. The molecule has 1 aromatic carbocycles. The largest absolute Gasteiger partial charge is 0.347 e. The number of nitro groups is 1. The van der Waals surface area contributed by atoms with Crippen molar-refractivity contribution in [2.75, 3.05) is 5.33 Å². The lowest BCUT2D eigenvalue weighted by Crippen LogP contribution is -2.43. The Morgan fingerprint density at radius 1 is 1.53 bits per heavy atom. The summed E-state index contributed by atoms with van der Waals surface area (Å²) < 4.78 is 0. The molecule has 0 saturated heterocycles. The first-order valence-electron chi connectivity index (χ1n) is 5.59. The normalized spacial score (nSPS) is 11.2. The smallest absolute Gasteiger partial charge is 0.283 e. The molecular weight excluding hydrogens is 336 g/mol. The van der Waals surface area contributed by atoms with Gasteiger partial charge in [0.25, 0.3) is 11.6 Å². The highest BCUT2D eigenvalue weighted by Crippen LogP contribution is 2.24. The third-order valence-corrected chi connectivity index (χ3v) is 3.20. The average molecular weight is 350 g/mol. The van der Waals surface area contributed by atoms with Gasteiger partial charge in [0.15, 0.2) is 0 Å². The van der Waals surface area contributed by atoms with E-state index in [1.54, 1.807) is 0 Å². The maximum absolute atomic E-state index is 12.1. The van der Waals surface area contributed by atoms with E-state index in [9.17, 15) is 14.9 Å². The van der Waals surface area contributed by atoms with Crippen LogP contribution in [-0.4, -0.2) is 21.7 Å². The minimum Gasteiger partial charge on any atom is -0.347 e. The molecule has 1 N–H and O–H groups in total. The monoisotopic (exact) mass is 348 g/mol. The molecule has 0 fully saturated rings. The third kappa shape index (κ3) is 4.47. The summed E-state index contributed by atoms with van der Waals surface area (Å²) in [5.74, 6) is -0.477. The van der Waals surface area contributed by atoms with Gasteiger partial charge >= 0.3 is 0 Å². The van der Waals surface area contributed by atoms with Gasteiger partial charge in [0.05, 0.1) is 4.92 Å². The van der Waals surface area contributed by atoms with E-state index in [4.69, 9.17) is 11.6 Å². The first kappa shape index (κ1) is 15.9. The van der Waals surface area contributed by atoms with Gasteiger partial charge in [-0.1, -0.05) is 27.5 Å². The summed E-state index contributed by atoms with van der Waals surface area (Å²) in [4.78, 5) is 22.4. The molecule has 1 rings (SSSR count). The average Bonchev–Trinajstić information content (AvgIpc) is 2.27. The molecule has 104 valence electrons. The minimum atomic E-state index is -0.613. The van der Waals surface area contributed by atoms with E-state index in [2.05, 4.69) is 21.2 Å². The van der Waals surface area contributed by atoms with Gasteiger partial charge in [-0.2, -0.15) is 0 Å². The van der Waals surface area contributed by atoms with E-state index in [1.807, 2.05) is 13.8 Å². The molecule has 0 saturated carbocycles. The summed E-state index contributed by atoms with van der Waals surface area (Å²) in [7, 11) is 0. The number of nitrogens with one attached hydrogen (secondary N) is 1. The summed E-state index contributed by atoms with van der Waals surface area (Å²) in [6.07, 6.45) is 0.708. The SMILES string of the molecule is CC(C)(CCBr)NC(=O)c1ccc(Cl)cc1[N+](=O)[O-]. The van der Waals surface area contributed by atoms with Crippen LogP contribution in [0.3, 0.4) is 0 Å².